The summed E-state index contributed by atoms with van der Waals surface area (Å²) in [6.45, 7) is 4.79. The monoisotopic (exact) mass is 218 g/mol. The lowest BCUT2D eigenvalue weighted by Crippen LogP contribution is -2.07. The number of rotatable bonds is 4. The Bertz CT molecular complexity index is 368. The number of esters is 1. The highest BCUT2D eigenvalue weighted by Crippen LogP contribution is 2.53. The van der Waals surface area contributed by atoms with Crippen molar-refractivity contribution in [1.29, 1.82) is 0 Å². The van der Waals surface area contributed by atoms with Gasteiger partial charge in [-0.1, -0.05) is 44.2 Å². The van der Waals surface area contributed by atoms with Crippen molar-refractivity contribution in [2.45, 2.75) is 33.3 Å². The molecule has 16 heavy (non-hydrogen) atoms. The van der Waals surface area contributed by atoms with Crippen LogP contribution in [-0.2, 0) is 16.1 Å². The van der Waals surface area contributed by atoms with Crippen LogP contribution in [0, 0.1) is 11.3 Å². The van der Waals surface area contributed by atoms with Gasteiger partial charge in [-0.25, -0.2) is 0 Å². The second-order valence-electron chi connectivity index (χ2n) is 5.24. The topological polar surface area (TPSA) is 26.3 Å². The van der Waals surface area contributed by atoms with Crippen LogP contribution in [0.15, 0.2) is 30.3 Å². The Morgan fingerprint density at radius 2 is 2.00 bits per heavy atom. The molecule has 0 bridgehead atoms. The van der Waals surface area contributed by atoms with E-state index in [2.05, 4.69) is 13.8 Å². The van der Waals surface area contributed by atoms with E-state index < -0.39 is 0 Å². The SMILES string of the molecule is CC1(C)CC1CC(=O)OCc1ccccc1. The van der Waals surface area contributed by atoms with Crippen LogP contribution in [0.4, 0.5) is 0 Å². The molecule has 1 aromatic carbocycles. The van der Waals surface area contributed by atoms with Crippen LogP contribution in [-0.4, -0.2) is 5.97 Å². The van der Waals surface area contributed by atoms with Gasteiger partial charge in [0.1, 0.15) is 6.61 Å². The highest BCUT2D eigenvalue weighted by molar-refractivity contribution is 5.70. The van der Waals surface area contributed by atoms with Crippen molar-refractivity contribution in [3.63, 3.8) is 0 Å². The molecule has 0 radical (unpaired) electrons. The van der Waals surface area contributed by atoms with E-state index >= 15 is 0 Å². The highest BCUT2D eigenvalue weighted by atomic mass is 16.5. The van der Waals surface area contributed by atoms with E-state index in [1.165, 1.54) is 0 Å². The normalized spacial score (nSPS) is 21.5. The first-order chi connectivity index (χ1) is 7.58. The summed E-state index contributed by atoms with van der Waals surface area (Å²) in [7, 11) is 0. The first kappa shape index (κ1) is 11.2. The fourth-order valence-corrected chi connectivity index (χ4v) is 1.92. The molecule has 0 N–H and O–H groups in total. The first-order valence-electron chi connectivity index (χ1n) is 5.77. The quantitative estimate of drug-likeness (QED) is 0.725. The second kappa shape index (κ2) is 4.28. The summed E-state index contributed by atoms with van der Waals surface area (Å²) >= 11 is 0. The number of hydrogen-bond donors (Lipinski definition) is 0. The zero-order chi connectivity index (χ0) is 11.6. The van der Waals surface area contributed by atoms with E-state index in [4.69, 9.17) is 4.74 Å². The van der Waals surface area contributed by atoms with Crippen molar-refractivity contribution in [1.82, 2.24) is 0 Å². The summed E-state index contributed by atoms with van der Waals surface area (Å²) in [5.74, 6) is 0.454. The van der Waals surface area contributed by atoms with Crippen LogP contribution in [0.25, 0.3) is 0 Å². The van der Waals surface area contributed by atoms with Gasteiger partial charge in [0, 0.05) is 6.42 Å². The van der Waals surface area contributed by atoms with Gasteiger partial charge in [0.15, 0.2) is 0 Å². The van der Waals surface area contributed by atoms with Crippen LogP contribution in [0.3, 0.4) is 0 Å². The molecular formula is C14H18O2. The maximum atomic E-state index is 11.5. The summed E-state index contributed by atoms with van der Waals surface area (Å²) < 4.78 is 5.23. The van der Waals surface area contributed by atoms with E-state index in [-0.39, 0.29) is 5.97 Å². The summed E-state index contributed by atoms with van der Waals surface area (Å²) in [4.78, 5) is 11.5. The molecule has 0 heterocycles. The molecule has 2 heteroatoms. The molecule has 1 saturated carbocycles. The van der Waals surface area contributed by atoms with Crippen LogP contribution < -0.4 is 0 Å². The van der Waals surface area contributed by atoms with E-state index in [9.17, 15) is 4.79 Å². The molecule has 1 aliphatic carbocycles. The smallest absolute Gasteiger partial charge is 0.306 e. The van der Waals surface area contributed by atoms with Crippen molar-refractivity contribution < 1.29 is 9.53 Å². The third-order valence-corrected chi connectivity index (χ3v) is 3.37. The maximum Gasteiger partial charge on any atom is 0.306 e. The van der Waals surface area contributed by atoms with Crippen molar-refractivity contribution in [3.8, 4) is 0 Å². The predicted molar refractivity (Wildman–Crippen MR) is 62.7 cm³/mol. The Morgan fingerprint density at radius 1 is 1.38 bits per heavy atom. The van der Waals surface area contributed by atoms with Gasteiger partial charge in [0.05, 0.1) is 0 Å². The Labute approximate surface area is 96.6 Å². The Balaban J connectivity index is 1.73. The van der Waals surface area contributed by atoms with Gasteiger partial charge in [-0.15, -0.1) is 0 Å². The van der Waals surface area contributed by atoms with Crippen LogP contribution in [0.2, 0.25) is 0 Å². The Hall–Kier alpha value is -1.31. The molecule has 1 unspecified atom stereocenters. The van der Waals surface area contributed by atoms with Gasteiger partial charge in [-0.05, 0) is 23.3 Å². The Morgan fingerprint density at radius 3 is 2.56 bits per heavy atom. The molecule has 0 aromatic heterocycles. The van der Waals surface area contributed by atoms with Gasteiger partial charge >= 0.3 is 5.97 Å². The number of hydrogen-bond acceptors (Lipinski definition) is 2. The van der Waals surface area contributed by atoms with Crippen LogP contribution in [0.1, 0.15) is 32.3 Å². The summed E-state index contributed by atoms with van der Waals surface area (Å²) in [6, 6.07) is 9.79. The van der Waals surface area contributed by atoms with E-state index in [1.807, 2.05) is 30.3 Å². The number of ether oxygens (including phenoxy) is 1. The summed E-state index contributed by atoms with van der Waals surface area (Å²) in [5, 5.41) is 0. The Kier molecular flexibility index (Phi) is 2.99. The van der Waals surface area contributed by atoms with Crippen LogP contribution >= 0.6 is 0 Å². The van der Waals surface area contributed by atoms with Crippen molar-refractivity contribution in [2.75, 3.05) is 0 Å². The zero-order valence-corrected chi connectivity index (χ0v) is 9.90. The number of carbonyl (C=O) groups is 1. The van der Waals surface area contributed by atoms with Crippen LogP contribution in [0.5, 0.6) is 0 Å². The third kappa shape index (κ3) is 2.84. The van der Waals surface area contributed by atoms with E-state index in [0.29, 0.717) is 24.4 Å². The van der Waals surface area contributed by atoms with Gasteiger partial charge in [-0.2, -0.15) is 0 Å². The van der Waals surface area contributed by atoms with E-state index in [0.717, 1.165) is 12.0 Å². The molecule has 2 rings (SSSR count). The van der Waals surface area contributed by atoms with E-state index in [1.54, 1.807) is 0 Å². The lowest BCUT2D eigenvalue weighted by atomic mass is 10.1. The highest BCUT2D eigenvalue weighted by Gasteiger charge is 2.46. The van der Waals surface area contributed by atoms with Gasteiger partial charge < -0.3 is 4.74 Å². The number of benzene rings is 1. The fourth-order valence-electron chi connectivity index (χ4n) is 1.92. The van der Waals surface area contributed by atoms with Crippen molar-refractivity contribution >= 4 is 5.97 Å². The predicted octanol–water partition coefficient (Wildman–Crippen LogP) is 3.17. The molecule has 86 valence electrons. The first-order valence-corrected chi connectivity index (χ1v) is 5.77. The molecule has 0 aliphatic heterocycles. The molecule has 0 amide bonds. The average molecular weight is 218 g/mol. The standard InChI is InChI=1S/C14H18O2/c1-14(2)9-12(14)8-13(15)16-10-11-6-4-3-5-7-11/h3-7,12H,8-10H2,1-2H3. The molecule has 1 atom stereocenters. The summed E-state index contributed by atoms with van der Waals surface area (Å²) in [5.41, 5.74) is 1.40. The molecular weight excluding hydrogens is 200 g/mol. The minimum absolute atomic E-state index is 0.0700. The van der Waals surface area contributed by atoms with Crippen molar-refractivity contribution in [2.24, 2.45) is 11.3 Å². The lowest BCUT2D eigenvalue weighted by molar-refractivity contribution is -0.145. The maximum absolute atomic E-state index is 11.5. The lowest BCUT2D eigenvalue weighted by Gasteiger charge is -2.05. The second-order valence-corrected chi connectivity index (χ2v) is 5.24. The van der Waals surface area contributed by atoms with Crippen molar-refractivity contribution in [3.05, 3.63) is 35.9 Å². The van der Waals surface area contributed by atoms with Gasteiger partial charge in [-0.3, -0.25) is 4.79 Å². The molecule has 0 saturated heterocycles. The summed E-state index contributed by atoms with van der Waals surface area (Å²) in [6.07, 6.45) is 1.72. The minimum Gasteiger partial charge on any atom is -0.461 e. The zero-order valence-electron chi connectivity index (χ0n) is 9.90. The molecule has 0 spiro atoms. The fraction of sp³-hybridized carbons (Fsp3) is 0.500. The minimum atomic E-state index is -0.0700. The average Bonchev–Trinajstić information content (AvgIpc) is 2.84. The molecule has 1 aromatic rings. The molecule has 1 aliphatic rings. The number of carbonyl (C=O) groups excluding carboxylic acids is 1. The molecule has 2 nitrogen and oxygen atoms in total. The third-order valence-electron chi connectivity index (χ3n) is 3.37. The van der Waals surface area contributed by atoms with Gasteiger partial charge in [0.2, 0.25) is 0 Å². The largest absolute Gasteiger partial charge is 0.461 e. The van der Waals surface area contributed by atoms with Gasteiger partial charge in [0.25, 0.3) is 0 Å². The molecule has 1 fully saturated rings.